The molecule has 1 atom stereocenters. The zero-order valence-corrected chi connectivity index (χ0v) is 12.4. The highest BCUT2D eigenvalue weighted by Gasteiger charge is 2.12. The maximum Gasteiger partial charge on any atom is 0.203 e. The van der Waals surface area contributed by atoms with Crippen molar-refractivity contribution < 1.29 is 4.74 Å². The molecule has 0 fully saturated rings. The SMILES string of the molecule is COCCCNc1nc(C)cn1C(C)CC(C)C. The van der Waals surface area contributed by atoms with Gasteiger partial charge in [-0.15, -0.1) is 0 Å². The van der Waals surface area contributed by atoms with Crippen molar-refractivity contribution >= 4 is 5.95 Å². The van der Waals surface area contributed by atoms with E-state index in [1.165, 1.54) is 6.42 Å². The minimum absolute atomic E-state index is 0.483. The van der Waals surface area contributed by atoms with E-state index in [1.807, 2.05) is 6.92 Å². The van der Waals surface area contributed by atoms with Gasteiger partial charge in [0.05, 0.1) is 5.69 Å². The molecule has 0 spiro atoms. The quantitative estimate of drug-likeness (QED) is 0.723. The van der Waals surface area contributed by atoms with E-state index in [2.05, 4.69) is 41.8 Å². The fourth-order valence-corrected chi connectivity index (χ4v) is 2.20. The van der Waals surface area contributed by atoms with Crippen LogP contribution >= 0.6 is 0 Å². The van der Waals surface area contributed by atoms with Gasteiger partial charge in [0.1, 0.15) is 0 Å². The van der Waals surface area contributed by atoms with Gasteiger partial charge in [-0.1, -0.05) is 13.8 Å². The minimum Gasteiger partial charge on any atom is -0.385 e. The molecule has 0 aliphatic heterocycles. The summed E-state index contributed by atoms with van der Waals surface area (Å²) in [6, 6.07) is 0.483. The van der Waals surface area contributed by atoms with Crippen molar-refractivity contribution in [2.45, 2.75) is 46.6 Å². The Bertz CT molecular complexity index is 347. The molecule has 0 bridgehead atoms. The van der Waals surface area contributed by atoms with Crippen molar-refractivity contribution in [1.29, 1.82) is 0 Å². The molecule has 0 amide bonds. The molecule has 0 aliphatic rings. The van der Waals surface area contributed by atoms with Gasteiger partial charge in [0.25, 0.3) is 0 Å². The number of ether oxygens (including phenoxy) is 1. The summed E-state index contributed by atoms with van der Waals surface area (Å²) in [5.41, 5.74) is 1.07. The Kier molecular flexibility index (Phi) is 6.19. The van der Waals surface area contributed by atoms with Crippen LogP contribution in [0.1, 0.15) is 45.3 Å². The van der Waals surface area contributed by atoms with Crippen molar-refractivity contribution in [3.05, 3.63) is 11.9 Å². The topological polar surface area (TPSA) is 39.1 Å². The van der Waals surface area contributed by atoms with Gasteiger partial charge in [0.2, 0.25) is 5.95 Å². The Morgan fingerprint density at radius 3 is 2.72 bits per heavy atom. The standard InChI is InChI=1S/C14H27N3O/c1-11(2)9-13(4)17-10-12(3)16-14(17)15-7-6-8-18-5/h10-11,13H,6-9H2,1-5H3,(H,15,16). The van der Waals surface area contributed by atoms with Crippen LogP contribution in [-0.4, -0.2) is 29.8 Å². The summed E-state index contributed by atoms with van der Waals surface area (Å²) in [5.74, 6) is 1.68. The molecule has 104 valence electrons. The first-order valence-electron chi connectivity index (χ1n) is 6.82. The van der Waals surface area contributed by atoms with Crippen LogP contribution in [0.3, 0.4) is 0 Å². The lowest BCUT2D eigenvalue weighted by atomic mass is 10.1. The first-order chi connectivity index (χ1) is 8.54. The number of imidazole rings is 1. The molecule has 0 radical (unpaired) electrons. The summed E-state index contributed by atoms with van der Waals surface area (Å²) in [5, 5.41) is 3.39. The van der Waals surface area contributed by atoms with E-state index in [1.54, 1.807) is 7.11 Å². The lowest BCUT2D eigenvalue weighted by molar-refractivity contribution is 0.197. The highest BCUT2D eigenvalue weighted by Crippen LogP contribution is 2.22. The molecule has 0 aliphatic carbocycles. The molecular formula is C14H27N3O. The van der Waals surface area contributed by atoms with Gasteiger partial charge in [-0.25, -0.2) is 4.98 Å². The summed E-state index contributed by atoms with van der Waals surface area (Å²) >= 11 is 0. The normalized spacial score (nSPS) is 13.0. The van der Waals surface area contributed by atoms with E-state index in [0.29, 0.717) is 12.0 Å². The summed E-state index contributed by atoms with van der Waals surface area (Å²) in [6.45, 7) is 10.5. The number of anilines is 1. The molecule has 1 N–H and O–H groups in total. The van der Waals surface area contributed by atoms with Gasteiger partial charge in [0, 0.05) is 32.5 Å². The lowest BCUT2D eigenvalue weighted by Crippen LogP contribution is -2.14. The van der Waals surface area contributed by atoms with Crippen molar-refractivity contribution in [2.75, 3.05) is 25.6 Å². The Hall–Kier alpha value is -1.03. The number of hydrogen-bond acceptors (Lipinski definition) is 3. The highest BCUT2D eigenvalue weighted by atomic mass is 16.5. The van der Waals surface area contributed by atoms with Crippen LogP contribution in [0.5, 0.6) is 0 Å². The Balaban J connectivity index is 2.61. The maximum atomic E-state index is 5.05. The largest absolute Gasteiger partial charge is 0.385 e. The van der Waals surface area contributed by atoms with Crippen LogP contribution < -0.4 is 5.32 Å². The second kappa shape index (κ2) is 7.41. The molecule has 1 aromatic heterocycles. The van der Waals surface area contributed by atoms with Crippen LogP contribution in [0.2, 0.25) is 0 Å². The van der Waals surface area contributed by atoms with Crippen LogP contribution in [0.25, 0.3) is 0 Å². The van der Waals surface area contributed by atoms with E-state index >= 15 is 0 Å². The molecular weight excluding hydrogens is 226 g/mol. The molecule has 1 aromatic rings. The van der Waals surface area contributed by atoms with Gasteiger partial charge in [0.15, 0.2) is 0 Å². The Morgan fingerprint density at radius 1 is 1.39 bits per heavy atom. The molecule has 4 nitrogen and oxygen atoms in total. The molecule has 1 heterocycles. The monoisotopic (exact) mass is 253 g/mol. The summed E-state index contributed by atoms with van der Waals surface area (Å²) in [7, 11) is 1.73. The van der Waals surface area contributed by atoms with E-state index in [0.717, 1.165) is 31.2 Å². The fourth-order valence-electron chi connectivity index (χ4n) is 2.20. The Labute approximate surface area is 111 Å². The van der Waals surface area contributed by atoms with Crippen LogP contribution in [0.15, 0.2) is 6.20 Å². The van der Waals surface area contributed by atoms with Crippen molar-refractivity contribution in [3.8, 4) is 0 Å². The molecule has 4 heteroatoms. The third-order valence-electron chi connectivity index (χ3n) is 2.95. The smallest absolute Gasteiger partial charge is 0.203 e. The van der Waals surface area contributed by atoms with Gasteiger partial charge in [-0.2, -0.15) is 0 Å². The number of methoxy groups -OCH3 is 1. The highest BCUT2D eigenvalue weighted by molar-refractivity contribution is 5.29. The minimum atomic E-state index is 0.483. The number of nitrogens with one attached hydrogen (secondary N) is 1. The van der Waals surface area contributed by atoms with Crippen molar-refractivity contribution in [3.63, 3.8) is 0 Å². The molecule has 0 saturated heterocycles. The third-order valence-corrected chi connectivity index (χ3v) is 2.95. The molecule has 0 aromatic carbocycles. The van der Waals surface area contributed by atoms with E-state index in [-0.39, 0.29) is 0 Å². The summed E-state index contributed by atoms with van der Waals surface area (Å²) in [6.07, 6.45) is 4.30. The predicted octanol–water partition coefficient (Wildman–Crippen LogP) is 3.25. The van der Waals surface area contributed by atoms with Crippen LogP contribution in [0, 0.1) is 12.8 Å². The summed E-state index contributed by atoms with van der Waals surface area (Å²) < 4.78 is 7.30. The van der Waals surface area contributed by atoms with E-state index in [4.69, 9.17) is 4.74 Å². The number of aromatic nitrogens is 2. The first-order valence-corrected chi connectivity index (χ1v) is 6.82. The van der Waals surface area contributed by atoms with Crippen molar-refractivity contribution in [1.82, 2.24) is 9.55 Å². The molecule has 1 rings (SSSR count). The summed E-state index contributed by atoms with van der Waals surface area (Å²) in [4.78, 5) is 4.55. The molecule has 0 saturated carbocycles. The predicted molar refractivity (Wildman–Crippen MR) is 76.1 cm³/mol. The van der Waals surface area contributed by atoms with Crippen LogP contribution in [-0.2, 0) is 4.74 Å². The van der Waals surface area contributed by atoms with Crippen molar-refractivity contribution in [2.24, 2.45) is 5.92 Å². The number of aryl methyl sites for hydroxylation is 1. The third kappa shape index (κ3) is 4.69. The second-order valence-electron chi connectivity index (χ2n) is 5.36. The number of nitrogens with zero attached hydrogens (tertiary/aromatic N) is 2. The molecule has 18 heavy (non-hydrogen) atoms. The molecule has 1 unspecified atom stereocenters. The van der Waals surface area contributed by atoms with E-state index < -0.39 is 0 Å². The zero-order valence-electron chi connectivity index (χ0n) is 12.4. The van der Waals surface area contributed by atoms with Gasteiger partial charge in [-0.05, 0) is 32.6 Å². The van der Waals surface area contributed by atoms with Gasteiger partial charge >= 0.3 is 0 Å². The zero-order chi connectivity index (χ0) is 13.5. The van der Waals surface area contributed by atoms with Gasteiger partial charge < -0.3 is 14.6 Å². The fraction of sp³-hybridized carbons (Fsp3) is 0.786. The average molecular weight is 253 g/mol. The van der Waals surface area contributed by atoms with Gasteiger partial charge in [-0.3, -0.25) is 0 Å². The number of rotatable bonds is 8. The Morgan fingerprint density at radius 2 is 2.11 bits per heavy atom. The van der Waals surface area contributed by atoms with Crippen LogP contribution in [0.4, 0.5) is 5.95 Å². The lowest BCUT2D eigenvalue weighted by Gasteiger charge is -2.18. The number of hydrogen-bond donors (Lipinski definition) is 1. The average Bonchev–Trinajstić information content (AvgIpc) is 2.65. The maximum absolute atomic E-state index is 5.05. The second-order valence-corrected chi connectivity index (χ2v) is 5.36. The first kappa shape index (κ1) is 15.0. The van der Waals surface area contributed by atoms with E-state index in [9.17, 15) is 0 Å².